The van der Waals surface area contributed by atoms with Crippen LogP contribution in [0.5, 0.6) is 0 Å². The molecule has 2 aromatic heterocycles. The number of fused-ring (bicyclic) bond motifs is 3. The van der Waals surface area contributed by atoms with E-state index in [1.807, 2.05) is 60.0 Å². The van der Waals surface area contributed by atoms with Crippen LogP contribution in [0.25, 0.3) is 21.6 Å². The van der Waals surface area contributed by atoms with Gasteiger partial charge in [0.25, 0.3) is 5.56 Å². The predicted octanol–water partition coefficient (Wildman–Crippen LogP) is 5.07. The Labute approximate surface area is 166 Å². The molecule has 1 aliphatic rings. The Bertz CT molecular complexity index is 1280. The predicted molar refractivity (Wildman–Crippen MR) is 113 cm³/mol. The van der Waals surface area contributed by atoms with E-state index in [0.717, 1.165) is 32.8 Å². The van der Waals surface area contributed by atoms with Gasteiger partial charge in [-0.15, -0.1) is 11.3 Å². The molecule has 28 heavy (non-hydrogen) atoms. The number of pyridine rings is 1. The monoisotopic (exact) mass is 380 g/mol. The Morgan fingerprint density at radius 1 is 0.964 bits per heavy atom. The summed E-state index contributed by atoms with van der Waals surface area (Å²) < 4.78 is 1.79. The van der Waals surface area contributed by atoms with Crippen molar-refractivity contribution in [3.05, 3.63) is 105 Å². The normalized spacial score (nSPS) is 11.7. The number of nitrogens with zero attached hydrogens (tertiary/aromatic N) is 2. The molecule has 0 aliphatic heterocycles. The first-order chi connectivity index (χ1) is 13.8. The lowest BCUT2D eigenvalue weighted by Crippen LogP contribution is -2.27. The maximum absolute atomic E-state index is 13.4. The second-order valence-electron chi connectivity index (χ2n) is 6.87. The van der Waals surface area contributed by atoms with Gasteiger partial charge < -0.3 is 4.57 Å². The van der Waals surface area contributed by atoms with Crippen LogP contribution in [0.4, 0.5) is 0 Å². The number of benzene rings is 2. The summed E-state index contributed by atoms with van der Waals surface area (Å²) in [4.78, 5) is 14.3. The van der Waals surface area contributed by atoms with Gasteiger partial charge in [0.2, 0.25) is 0 Å². The molecule has 0 radical (unpaired) electrons. The lowest BCUT2D eigenvalue weighted by atomic mass is 9.96. The van der Waals surface area contributed by atoms with Gasteiger partial charge in [-0.2, -0.15) is 5.26 Å². The van der Waals surface area contributed by atoms with Gasteiger partial charge in [-0.05, 0) is 28.1 Å². The minimum atomic E-state index is -0.207. The summed E-state index contributed by atoms with van der Waals surface area (Å²) in [6, 6.07) is 24.4. The topological polar surface area (TPSA) is 45.8 Å². The van der Waals surface area contributed by atoms with Gasteiger partial charge in [-0.3, -0.25) is 4.79 Å². The van der Waals surface area contributed by atoms with Crippen LogP contribution in [0.3, 0.4) is 0 Å². The minimum absolute atomic E-state index is 0.207. The van der Waals surface area contributed by atoms with Gasteiger partial charge >= 0.3 is 0 Å². The van der Waals surface area contributed by atoms with E-state index in [1.165, 1.54) is 5.56 Å². The zero-order valence-corrected chi connectivity index (χ0v) is 15.9. The number of hydrogen-bond donors (Lipinski definition) is 0. The molecular formula is C24H16N2OS. The van der Waals surface area contributed by atoms with Crippen LogP contribution in [0.15, 0.2) is 76.9 Å². The fourth-order valence-corrected chi connectivity index (χ4v) is 4.83. The Morgan fingerprint density at radius 3 is 2.50 bits per heavy atom. The van der Waals surface area contributed by atoms with Crippen molar-refractivity contribution in [3.8, 4) is 27.6 Å². The van der Waals surface area contributed by atoms with E-state index >= 15 is 0 Å². The number of thiophene rings is 1. The average Bonchev–Trinajstić information content (AvgIpc) is 3.38. The summed E-state index contributed by atoms with van der Waals surface area (Å²) in [7, 11) is 0. The van der Waals surface area contributed by atoms with Crippen molar-refractivity contribution in [1.29, 1.82) is 5.26 Å². The molecule has 0 bridgehead atoms. The fraction of sp³-hybridized carbons (Fsp3) is 0.0833. The van der Waals surface area contributed by atoms with Crippen LogP contribution in [-0.2, 0) is 13.0 Å². The molecule has 5 rings (SSSR count). The highest BCUT2D eigenvalue weighted by Crippen LogP contribution is 2.44. The molecule has 0 amide bonds. The first-order valence-electron chi connectivity index (χ1n) is 9.14. The Hall–Kier alpha value is -3.42. The van der Waals surface area contributed by atoms with Crippen molar-refractivity contribution in [2.75, 3.05) is 0 Å². The largest absolute Gasteiger partial charge is 0.306 e. The summed E-state index contributed by atoms with van der Waals surface area (Å²) in [5, 5.41) is 11.9. The maximum atomic E-state index is 13.4. The molecule has 2 heterocycles. The highest BCUT2D eigenvalue weighted by Gasteiger charge is 2.29. The Morgan fingerprint density at radius 2 is 1.75 bits per heavy atom. The molecule has 0 unspecified atom stereocenters. The first-order valence-corrected chi connectivity index (χ1v) is 10.0. The summed E-state index contributed by atoms with van der Waals surface area (Å²) in [5.41, 5.74) is 6.21. The molecule has 4 heteroatoms. The van der Waals surface area contributed by atoms with Crippen LogP contribution >= 0.6 is 11.3 Å². The minimum Gasteiger partial charge on any atom is -0.306 e. The van der Waals surface area contributed by atoms with E-state index in [-0.39, 0.29) is 11.1 Å². The lowest BCUT2D eigenvalue weighted by Gasteiger charge is -2.17. The van der Waals surface area contributed by atoms with Crippen molar-refractivity contribution < 1.29 is 0 Å². The second-order valence-corrected chi connectivity index (χ2v) is 7.82. The van der Waals surface area contributed by atoms with Crippen molar-refractivity contribution in [2.24, 2.45) is 0 Å². The quantitative estimate of drug-likeness (QED) is 0.439. The van der Waals surface area contributed by atoms with Gasteiger partial charge in [-0.1, -0.05) is 60.7 Å². The van der Waals surface area contributed by atoms with Crippen LogP contribution in [0.2, 0.25) is 0 Å². The van der Waals surface area contributed by atoms with Crippen molar-refractivity contribution in [2.45, 2.75) is 13.0 Å². The molecule has 2 aromatic carbocycles. The molecule has 0 fully saturated rings. The lowest BCUT2D eigenvalue weighted by molar-refractivity contribution is 0.720. The molecule has 3 nitrogen and oxygen atoms in total. The number of aromatic nitrogens is 1. The van der Waals surface area contributed by atoms with Gasteiger partial charge in [0, 0.05) is 28.1 Å². The summed E-state index contributed by atoms with van der Waals surface area (Å²) in [6.07, 6.45) is 0.706. The molecule has 0 N–H and O–H groups in total. The highest BCUT2D eigenvalue weighted by atomic mass is 32.1. The van der Waals surface area contributed by atoms with Gasteiger partial charge in [-0.25, -0.2) is 0 Å². The third kappa shape index (κ3) is 2.52. The third-order valence-electron chi connectivity index (χ3n) is 5.28. The Balaban J connectivity index is 1.85. The molecule has 1 aliphatic carbocycles. The summed E-state index contributed by atoms with van der Waals surface area (Å²) in [6.45, 7) is 0.468. The van der Waals surface area contributed by atoms with E-state index in [1.54, 1.807) is 15.9 Å². The first kappa shape index (κ1) is 16.7. The van der Waals surface area contributed by atoms with E-state index < -0.39 is 0 Å². The number of nitriles is 1. The second kappa shape index (κ2) is 6.63. The highest BCUT2D eigenvalue weighted by molar-refractivity contribution is 7.13. The summed E-state index contributed by atoms with van der Waals surface area (Å²) >= 11 is 1.57. The molecular weight excluding hydrogens is 364 g/mol. The zero-order valence-electron chi connectivity index (χ0n) is 15.1. The molecule has 4 aromatic rings. The van der Waals surface area contributed by atoms with E-state index in [4.69, 9.17) is 0 Å². The fourth-order valence-electron chi connectivity index (χ4n) is 4.05. The zero-order chi connectivity index (χ0) is 19.1. The van der Waals surface area contributed by atoms with Gasteiger partial charge in [0.05, 0.1) is 6.54 Å². The van der Waals surface area contributed by atoms with Crippen LogP contribution < -0.4 is 5.56 Å². The van der Waals surface area contributed by atoms with Crippen molar-refractivity contribution in [3.63, 3.8) is 0 Å². The standard InChI is InChI=1S/C24H16N2OS/c25-14-19-23(21-11-6-12-28-21)22-18-10-5-4-9-17(18)13-20(22)26(24(19)27)15-16-7-2-1-3-8-16/h1-12H,13,15H2. The average molecular weight is 380 g/mol. The molecule has 0 saturated carbocycles. The van der Waals surface area contributed by atoms with E-state index in [9.17, 15) is 10.1 Å². The van der Waals surface area contributed by atoms with Crippen molar-refractivity contribution >= 4 is 11.3 Å². The Kier molecular flexibility index (Phi) is 3.96. The maximum Gasteiger partial charge on any atom is 0.269 e. The molecule has 0 atom stereocenters. The smallest absolute Gasteiger partial charge is 0.269 e. The van der Waals surface area contributed by atoms with Crippen LogP contribution in [0.1, 0.15) is 22.4 Å². The molecule has 134 valence electrons. The molecule has 0 saturated heterocycles. The molecule has 0 spiro atoms. The third-order valence-corrected chi connectivity index (χ3v) is 6.17. The van der Waals surface area contributed by atoms with Crippen molar-refractivity contribution in [1.82, 2.24) is 4.57 Å². The van der Waals surface area contributed by atoms with Crippen LogP contribution in [-0.4, -0.2) is 4.57 Å². The van der Waals surface area contributed by atoms with Gasteiger partial charge in [0.1, 0.15) is 11.6 Å². The summed E-state index contributed by atoms with van der Waals surface area (Å²) in [5.74, 6) is 0. The number of rotatable bonds is 3. The van der Waals surface area contributed by atoms with Gasteiger partial charge in [0.15, 0.2) is 0 Å². The number of hydrogen-bond acceptors (Lipinski definition) is 3. The van der Waals surface area contributed by atoms with Crippen LogP contribution in [0, 0.1) is 11.3 Å². The van der Waals surface area contributed by atoms with E-state index in [0.29, 0.717) is 13.0 Å². The van der Waals surface area contributed by atoms with E-state index in [2.05, 4.69) is 18.2 Å². The SMILES string of the molecule is N#Cc1c(-c2cccs2)c2c(n(Cc3ccccc3)c1=O)Cc1ccccc1-2.